The maximum Gasteiger partial charge on any atom is 0.248 e. The summed E-state index contributed by atoms with van der Waals surface area (Å²) in [7, 11) is 0. The molecule has 1 amide bonds. The third kappa shape index (κ3) is 6.40. The molecule has 0 spiro atoms. The Balaban J connectivity index is 1.91. The molecule has 0 heterocycles. The zero-order valence-corrected chi connectivity index (χ0v) is 15.7. The van der Waals surface area contributed by atoms with Crippen molar-refractivity contribution in [3.05, 3.63) is 58.6 Å². The van der Waals surface area contributed by atoms with E-state index in [9.17, 15) is 4.79 Å². The molecule has 0 fully saturated rings. The van der Waals surface area contributed by atoms with E-state index in [0.717, 1.165) is 19.5 Å². The van der Waals surface area contributed by atoms with Gasteiger partial charge < -0.3 is 15.8 Å². The summed E-state index contributed by atoms with van der Waals surface area (Å²) >= 11 is 6.13. The van der Waals surface area contributed by atoms with Gasteiger partial charge in [0.2, 0.25) is 5.91 Å². The predicted octanol–water partition coefficient (Wildman–Crippen LogP) is 4.76. The summed E-state index contributed by atoms with van der Waals surface area (Å²) in [4.78, 5) is 11.1. The molecule has 3 N–H and O–H groups in total. The van der Waals surface area contributed by atoms with Crippen LogP contribution in [0.25, 0.3) is 0 Å². The van der Waals surface area contributed by atoms with E-state index in [0.29, 0.717) is 27.5 Å². The summed E-state index contributed by atoms with van der Waals surface area (Å²) in [6.45, 7) is 8.53. The molecule has 0 radical (unpaired) electrons. The molecule has 2 rings (SSSR count). The molecule has 0 aliphatic rings. The van der Waals surface area contributed by atoms with E-state index in [1.165, 1.54) is 11.6 Å². The lowest BCUT2D eigenvalue weighted by Gasteiger charge is -2.18. The standard InChI is InChI=1S/C20H25ClN2O2/c1-20(2,3)10-11-23-13-14-4-7-16(8-5-14)25-18-9-6-15(19(22)24)12-17(18)21/h4-9,12,23H,10-11,13H2,1-3H3,(H2,22,24). The van der Waals surface area contributed by atoms with Gasteiger partial charge in [0.25, 0.3) is 0 Å². The van der Waals surface area contributed by atoms with E-state index in [-0.39, 0.29) is 0 Å². The molecule has 25 heavy (non-hydrogen) atoms. The Morgan fingerprint density at radius 2 is 1.84 bits per heavy atom. The number of amides is 1. The minimum absolute atomic E-state index is 0.341. The van der Waals surface area contributed by atoms with Crippen molar-refractivity contribution in [3.63, 3.8) is 0 Å². The van der Waals surface area contributed by atoms with Gasteiger partial charge in [0.05, 0.1) is 5.02 Å². The summed E-state index contributed by atoms with van der Waals surface area (Å²) in [5, 5.41) is 3.80. The Hall–Kier alpha value is -2.04. The van der Waals surface area contributed by atoms with Gasteiger partial charge in [-0.3, -0.25) is 4.79 Å². The van der Waals surface area contributed by atoms with Gasteiger partial charge in [0.1, 0.15) is 11.5 Å². The van der Waals surface area contributed by atoms with Crippen LogP contribution in [0.3, 0.4) is 0 Å². The van der Waals surface area contributed by atoms with Crippen LogP contribution in [-0.2, 0) is 6.54 Å². The van der Waals surface area contributed by atoms with Crippen molar-refractivity contribution in [2.75, 3.05) is 6.54 Å². The van der Waals surface area contributed by atoms with Gasteiger partial charge in [-0.1, -0.05) is 44.5 Å². The number of hydrogen-bond donors (Lipinski definition) is 2. The van der Waals surface area contributed by atoms with Crippen LogP contribution in [0.1, 0.15) is 43.1 Å². The van der Waals surface area contributed by atoms with Crippen molar-refractivity contribution < 1.29 is 9.53 Å². The van der Waals surface area contributed by atoms with E-state index >= 15 is 0 Å². The van der Waals surface area contributed by atoms with Crippen molar-refractivity contribution in [2.45, 2.75) is 33.7 Å². The third-order valence-electron chi connectivity index (χ3n) is 3.75. The van der Waals surface area contributed by atoms with Crippen molar-refractivity contribution >= 4 is 17.5 Å². The summed E-state index contributed by atoms with van der Waals surface area (Å²) in [5.41, 5.74) is 7.12. The van der Waals surface area contributed by atoms with Crippen LogP contribution >= 0.6 is 11.6 Å². The molecule has 0 aliphatic heterocycles. The Morgan fingerprint density at radius 1 is 1.16 bits per heavy atom. The van der Waals surface area contributed by atoms with Gasteiger partial charge in [0, 0.05) is 12.1 Å². The van der Waals surface area contributed by atoms with Gasteiger partial charge in [-0.15, -0.1) is 0 Å². The van der Waals surface area contributed by atoms with Crippen LogP contribution in [0.4, 0.5) is 0 Å². The van der Waals surface area contributed by atoms with Gasteiger partial charge >= 0.3 is 0 Å². The second-order valence-corrected chi connectivity index (χ2v) is 7.65. The van der Waals surface area contributed by atoms with Crippen molar-refractivity contribution in [2.24, 2.45) is 11.1 Å². The highest BCUT2D eigenvalue weighted by Gasteiger charge is 2.09. The first-order valence-electron chi connectivity index (χ1n) is 8.31. The molecular formula is C20H25ClN2O2. The third-order valence-corrected chi connectivity index (χ3v) is 4.04. The average molecular weight is 361 g/mol. The highest BCUT2D eigenvalue weighted by Crippen LogP contribution is 2.30. The zero-order valence-electron chi connectivity index (χ0n) is 14.9. The number of halogens is 1. The van der Waals surface area contributed by atoms with Crippen LogP contribution < -0.4 is 15.8 Å². The number of nitrogens with two attached hydrogens (primary N) is 1. The molecule has 0 saturated heterocycles. The first-order chi connectivity index (χ1) is 11.7. The summed E-state index contributed by atoms with van der Waals surface area (Å²) < 4.78 is 5.76. The number of carbonyl (C=O) groups is 1. The van der Waals surface area contributed by atoms with Crippen molar-refractivity contribution in [1.82, 2.24) is 5.32 Å². The summed E-state index contributed by atoms with van der Waals surface area (Å²) in [6.07, 6.45) is 1.13. The summed E-state index contributed by atoms with van der Waals surface area (Å²) in [6, 6.07) is 12.6. The van der Waals surface area contributed by atoms with Gasteiger partial charge in [-0.2, -0.15) is 0 Å². The van der Waals surface area contributed by atoms with Crippen LogP contribution in [0, 0.1) is 5.41 Å². The smallest absolute Gasteiger partial charge is 0.248 e. The van der Waals surface area contributed by atoms with E-state index < -0.39 is 5.91 Å². The Labute approximate surface area is 154 Å². The normalized spacial score (nSPS) is 11.4. The molecule has 2 aromatic carbocycles. The molecule has 0 atom stereocenters. The number of ether oxygens (including phenoxy) is 1. The number of benzene rings is 2. The first kappa shape index (κ1) is 19.3. The van der Waals surface area contributed by atoms with E-state index in [1.807, 2.05) is 24.3 Å². The average Bonchev–Trinajstić information content (AvgIpc) is 2.54. The maximum atomic E-state index is 11.1. The molecular weight excluding hydrogens is 336 g/mol. The fourth-order valence-electron chi connectivity index (χ4n) is 2.24. The fourth-order valence-corrected chi connectivity index (χ4v) is 2.45. The first-order valence-corrected chi connectivity index (χ1v) is 8.69. The van der Waals surface area contributed by atoms with Crippen LogP contribution in [0.2, 0.25) is 5.02 Å². The number of rotatable bonds is 7. The Kier molecular flexibility index (Phi) is 6.45. The van der Waals surface area contributed by atoms with E-state index in [4.69, 9.17) is 22.1 Å². The van der Waals surface area contributed by atoms with Crippen LogP contribution in [-0.4, -0.2) is 12.5 Å². The number of hydrogen-bond acceptors (Lipinski definition) is 3. The predicted molar refractivity (Wildman–Crippen MR) is 102 cm³/mol. The minimum Gasteiger partial charge on any atom is -0.456 e. The quantitative estimate of drug-likeness (QED) is 0.700. The van der Waals surface area contributed by atoms with E-state index in [2.05, 4.69) is 26.1 Å². The van der Waals surface area contributed by atoms with E-state index in [1.54, 1.807) is 12.1 Å². The summed E-state index contributed by atoms with van der Waals surface area (Å²) in [5.74, 6) is 0.659. The maximum absolute atomic E-state index is 11.1. The lowest BCUT2D eigenvalue weighted by atomic mass is 9.92. The molecule has 0 aliphatic carbocycles. The van der Waals surface area contributed by atoms with Gasteiger partial charge in [-0.25, -0.2) is 0 Å². The largest absolute Gasteiger partial charge is 0.456 e. The molecule has 0 aromatic heterocycles. The van der Waals surface area contributed by atoms with Crippen LogP contribution in [0.15, 0.2) is 42.5 Å². The Bertz CT molecular complexity index is 721. The molecule has 0 bridgehead atoms. The lowest BCUT2D eigenvalue weighted by Crippen LogP contribution is -2.20. The van der Waals surface area contributed by atoms with Crippen molar-refractivity contribution in [1.29, 1.82) is 0 Å². The molecule has 0 unspecified atom stereocenters. The number of primary amides is 1. The number of carbonyl (C=O) groups excluding carboxylic acids is 1. The minimum atomic E-state index is -0.517. The molecule has 5 heteroatoms. The van der Waals surface area contributed by atoms with Crippen molar-refractivity contribution in [3.8, 4) is 11.5 Å². The molecule has 0 saturated carbocycles. The highest BCUT2D eigenvalue weighted by molar-refractivity contribution is 6.32. The SMILES string of the molecule is CC(C)(C)CCNCc1ccc(Oc2ccc(C(N)=O)cc2Cl)cc1. The number of nitrogens with one attached hydrogen (secondary N) is 1. The monoisotopic (exact) mass is 360 g/mol. The topological polar surface area (TPSA) is 64.3 Å². The van der Waals surface area contributed by atoms with Gasteiger partial charge in [0.15, 0.2) is 0 Å². The molecule has 4 nitrogen and oxygen atoms in total. The van der Waals surface area contributed by atoms with Crippen LogP contribution in [0.5, 0.6) is 11.5 Å². The second-order valence-electron chi connectivity index (χ2n) is 7.24. The Morgan fingerprint density at radius 3 is 2.40 bits per heavy atom. The fraction of sp³-hybridized carbons (Fsp3) is 0.350. The lowest BCUT2D eigenvalue weighted by molar-refractivity contribution is 0.100. The second kappa shape index (κ2) is 8.37. The zero-order chi connectivity index (χ0) is 18.4. The molecule has 2 aromatic rings. The highest BCUT2D eigenvalue weighted by atomic mass is 35.5. The van der Waals surface area contributed by atoms with Gasteiger partial charge in [-0.05, 0) is 54.3 Å². The molecule has 134 valence electrons.